The number of fused-ring (bicyclic) bond motifs is 5. The molecule has 2 nitrogen and oxygen atoms in total. The van der Waals surface area contributed by atoms with Crippen molar-refractivity contribution in [1.82, 2.24) is 0 Å². The molecule has 4 aliphatic rings. The van der Waals surface area contributed by atoms with Gasteiger partial charge in [-0.15, -0.1) is 0 Å². The Morgan fingerprint density at radius 3 is 2.55 bits per heavy atom. The summed E-state index contributed by atoms with van der Waals surface area (Å²) in [7, 11) is 0. The second kappa shape index (κ2) is 4.47. The first kappa shape index (κ1) is 14.9. The van der Waals surface area contributed by atoms with Crippen LogP contribution in [0.5, 0.6) is 0 Å². The van der Waals surface area contributed by atoms with E-state index in [1.807, 2.05) is 6.08 Å². The zero-order valence-corrected chi connectivity index (χ0v) is 14.3. The van der Waals surface area contributed by atoms with E-state index in [1.54, 1.807) is 0 Å². The third-order valence-electron chi connectivity index (χ3n) is 8.60. The van der Waals surface area contributed by atoms with E-state index in [4.69, 9.17) is 0 Å². The van der Waals surface area contributed by atoms with Gasteiger partial charge in [0.2, 0.25) is 0 Å². The van der Waals surface area contributed by atoms with E-state index in [-0.39, 0.29) is 10.8 Å². The Hall–Kier alpha value is -0.630. The van der Waals surface area contributed by atoms with Gasteiger partial charge in [0.05, 0.1) is 5.60 Å². The third-order valence-corrected chi connectivity index (χ3v) is 8.60. The van der Waals surface area contributed by atoms with E-state index in [9.17, 15) is 9.90 Å². The van der Waals surface area contributed by atoms with Crippen LogP contribution in [0, 0.1) is 34.5 Å². The van der Waals surface area contributed by atoms with Crippen LogP contribution in [0.25, 0.3) is 0 Å². The summed E-state index contributed by atoms with van der Waals surface area (Å²) in [5.41, 5.74) is -0.170. The Bertz CT molecular complexity index is 534. The predicted molar refractivity (Wildman–Crippen MR) is 87.3 cm³/mol. The van der Waals surface area contributed by atoms with E-state index in [0.29, 0.717) is 23.5 Å². The molecule has 1 N–H and O–H groups in total. The van der Waals surface area contributed by atoms with Crippen molar-refractivity contribution in [2.24, 2.45) is 34.5 Å². The minimum absolute atomic E-state index is 0.103. The molecule has 0 aromatic rings. The van der Waals surface area contributed by atoms with Crippen LogP contribution in [0.2, 0.25) is 0 Å². The maximum atomic E-state index is 11.8. The van der Waals surface area contributed by atoms with E-state index in [2.05, 4.69) is 26.8 Å². The van der Waals surface area contributed by atoms with Gasteiger partial charge in [-0.1, -0.05) is 19.9 Å². The Morgan fingerprint density at radius 1 is 1.05 bits per heavy atom. The molecule has 7 atom stereocenters. The van der Waals surface area contributed by atoms with Gasteiger partial charge in [0.15, 0.2) is 5.78 Å². The van der Waals surface area contributed by atoms with Gasteiger partial charge in [0, 0.05) is 6.42 Å². The second-order valence-corrected chi connectivity index (χ2v) is 9.29. The van der Waals surface area contributed by atoms with Gasteiger partial charge in [-0.3, -0.25) is 4.79 Å². The molecule has 0 aromatic carbocycles. The first-order valence-electron chi connectivity index (χ1n) is 9.22. The molecular formula is C20H30O2. The molecule has 0 radical (unpaired) electrons. The predicted octanol–water partition coefficient (Wildman–Crippen LogP) is 4.13. The van der Waals surface area contributed by atoms with Crippen molar-refractivity contribution in [2.45, 2.75) is 71.3 Å². The molecule has 2 heteroatoms. The normalized spacial score (nSPS) is 57.2. The Balaban J connectivity index is 1.69. The fourth-order valence-electron chi connectivity index (χ4n) is 6.88. The summed E-state index contributed by atoms with van der Waals surface area (Å²) in [6, 6.07) is 0. The Labute approximate surface area is 134 Å². The highest BCUT2D eigenvalue weighted by molar-refractivity contribution is 5.91. The largest absolute Gasteiger partial charge is 0.390 e. The van der Waals surface area contributed by atoms with Gasteiger partial charge in [0.25, 0.3) is 0 Å². The van der Waals surface area contributed by atoms with Crippen molar-refractivity contribution < 1.29 is 9.90 Å². The summed E-state index contributed by atoms with van der Waals surface area (Å²) >= 11 is 0. The van der Waals surface area contributed by atoms with Crippen LogP contribution in [-0.4, -0.2) is 16.5 Å². The zero-order valence-electron chi connectivity index (χ0n) is 14.3. The summed E-state index contributed by atoms with van der Waals surface area (Å²) in [6.45, 7) is 6.82. The molecule has 22 heavy (non-hydrogen) atoms. The molecule has 0 aromatic heterocycles. The molecule has 0 saturated heterocycles. The van der Waals surface area contributed by atoms with Crippen molar-refractivity contribution in [3.05, 3.63) is 12.2 Å². The number of aliphatic hydroxyl groups is 1. The van der Waals surface area contributed by atoms with Crippen molar-refractivity contribution in [3.63, 3.8) is 0 Å². The molecule has 3 fully saturated rings. The van der Waals surface area contributed by atoms with Gasteiger partial charge in [-0.25, -0.2) is 0 Å². The monoisotopic (exact) mass is 302 g/mol. The Kier molecular flexibility index (Phi) is 3.03. The van der Waals surface area contributed by atoms with Gasteiger partial charge in [-0.05, 0) is 86.0 Å². The molecular weight excluding hydrogens is 272 g/mol. The van der Waals surface area contributed by atoms with Crippen LogP contribution in [-0.2, 0) is 4.79 Å². The summed E-state index contributed by atoms with van der Waals surface area (Å²) < 4.78 is 0. The molecule has 4 rings (SSSR count). The fraction of sp³-hybridized carbons (Fsp3) is 0.850. The van der Waals surface area contributed by atoms with Gasteiger partial charge < -0.3 is 5.11 Å². The lowest BCUT2D eigenvalue weighted by Crippen LogP contribution is -2.55. The number of carbonyl (C=O) groups is 1. The number of rotatable bonds is 0. The first-order valence-corrected chi connectivity index (χ1v) is 9.22. The molecule has 0 bridgehead atoms. The second-order valence-electron chi connectivity index (χ2n) is 9.29. The SMILES string of the molecule is C[C@]12C=CC(=O)C[C@H]1CC[C@@H]1[C@H]2CC[C@@]2(C)[C@@H]1CC[C@]2(C)O. The first-order chi connectivity index (χ1) is 10.3. The van der Waals surface area contributed by atoms with Crippen LogP contribution in [0.4, 0.5) is 0 Å². The van der Waals surface area contributed by atoms with Crippen molar-refractivity contribution in [2.75, 3.05) is 0 Å². The van der Waals surface area contributed by atoms with Crippen LogP contribution in [0.1, 0.15) is 65.7 Å². The van der Waals surface area contributed by atoms with E-state index >= 15 is 0 Å². The average molecular weight is 302 g/mol. The van der Waals surface area contributed by atoms with Crippen LogP contribution in [0.3, 0.4) is 0 Å². The van der Waals surface area contributed by atoms with Gasteiger partial charge in [-0.2, -0.15) is 0 Å². The maximum Gasteiger partial charge on any atom is 0.155 e. The minimum atomic E-state index is -0.487. The molecule has 0 heterocycles. The fourth-order valence-corrected chi connectivity index (χ4v) is 6.88. The van der Waals surface area contributed by atoms with E-state index < -0.39 is 5.60 Å². The molecule has 0 unspecified atom stereocenters. The summed E-state index contributed by atoms with van der Waals surface area (Å²) in [5, 5.41) is 10.9. The topological polar surface area (TPSA) is 37.3 Å². The zero-order chi connectivity index (χ0) is 15.8. The minimum Gasteiger partial charge on any atom is -0.390 e. The lowest BCUT2D eigenvalue weighted by molar-refractivity contribution is -0.135. The quantitative estimate of drug-likeness (QED) is 0.730. The lowest BCUT2D eigenvalue weighted by atomic mass is 9.45. The van der Waals surface area contributed by atoms with Crippen molar-refractivity contribution in [1.29, 1.82) is 0 Å². The average Bonchev–Trinajstić information content (AvgIpc) is 2.70. The third kappa shape index (κ3) is 1.74. The molecule has 4 aliphatic carbocycles. The number of hydrogen-bond donors (Lipinski definition) is 1. The van der Waals surface area contributed by atoms with Crippen molar-refractivity contribution in [3.8, 4) is 0 Å². The number of hydrogen-bond acceptors (Lipinski definition) is 2. The van der Waals surface area contributed by atoms with Crippen LogP contribution < -0.4 is 0 Å². The highest BCUT2D eigenvalue weighted by atomic mass is 16.3. The summed E-state index contributed by atoms with van der Waals surface area (Å²) in [4.78, 5) is 11.8. The van der Waals surface area contributed by atoms with Crippen molar-refractivity contribution >= 4 is 5.78 Å². The van der Waals surface area contributed by atoms with Gasteiger partial charge in [0.1, 0.15) is 0 Å². The van der Waals surface area contributed by atoms with Crippen LogP contribution in [0.15, 0.2) is 12.2 Å². The highest BCUT2D eigenvalue weighted by Crippen LogP contribution is 2.67. The lowest BCUT2D eigenvalue weighted by Gasteiger charge is -2.59. The van der Waals surface area contributed by atoms with Crippen LogP contribution >= 0.6 is 0 Å². The highest BCUT2D eigenvalue weighted by Gasteiger charge is 2.62. The summed E-state index contributed by atoms with van der Waals surface area (Å²) in [5.74, 6) is 3.00. The standard InChI is InChI=1S/C20H30O2/c1-18-9-6-14(21)12-13(18)4-5-15-16(18)7-10-19(2)17(15)8-11-20(19,3)22/h6,9,13,15-17,22H,4-5,7-8,10-12H2,1-3H3/t13-,15-,16-,17-,18+,19+,20+/m1/s1. The molecule has 0 amide bonds. The molecule has 0 spiro atoms. The molecule has 3 saturated carbocycles. The molecule has 122 valence electrons. The molecule has 0 aliphatic heterocycles. The van der Waals surface area contributed by atoms with E-state index in [0.717, 1.165) is 25.2 Å². The van der Waals surface area contributed by atoms with E-state index in [1.165, 1.54) is 25.7 Å². The number of allylic oxidation sites excluding steroid dienone is 2. The van der Waals surface area contributed by atoms with Gasteiger partial charge >= 0.3 is 0 Å². The Morgan fingerprint density at radius 2 is 1.77 bits per heavy atom. The maximum absolute atomic E-state index is 11.8. The smallest absolute Gasteiger partial charge is 0.155 e. The number of carbonyl (C=O) groups excluding carboxylic acids is 1. The number of ketones is 1. The summed E-state index contributed by atoms with van der Waals surface area (Å²) in [6.07, 6.45) is 11.9.